The van der Waals surface area contributed by atoms with Crippen LogP contribution in [0.25, 0.3) is 0 Å². The van der Waals surface area contributed by atoms with Crippen molar-refractivity contribution >= 4 is 11.9 Å². The Kier molecular flexibility index (Phi) is 4.14. The van der Waals surface area contributed by atoms with Gasteiger partial charge in [0.15, 0.2) is 0 Å². The van der Waals surface area contributed by atoms with E-state index in [4.69, 9.17) is 0 Å². The highest BCUT2D eigenvalue weighted by Crippen LogP contribution is 2.19. The molecule has 1 N–H and O–H groups in total. The maximum atomic E-state index is 12.2. The summed E-state index contributed by atoms with van der Waals surface area (Å²) in [7, 11) is 1.33. The minimum absolute atomic E-state index is 0.0234. The third-order valence-electron chi connectivity index (χ3n) is 2.93. The van der Waals surface area contributed by atoms with Gasteiger partial charge in [-0.1, -0.05) is 0 Å². The van der Waals surface area contributed by atoms with Gasteiger partial charge in [0.2, 0.25) is 5.91 Å². The highest BCUT2D eigenvalue weighted by Gasteiger charge is 2.39. The van der Waals surface area contributed by atoms with Gasteiger partial charge in [0.1, 0.15) is 0 Å². The first-order chi connectivity index (χ1) is 7.76. The monoisotopic (exact) mass is 242 g/mol. The molecule has 1 atom stereocenters. The molecule has 1 heterocycles. The zero-order valence-corrected chi connectivity index (χ0v) is 11.2. The summed E-state index contributed by atoms with van der Waals surface area (Å²) in [6.07, 6.45) is 0.0853. The second-order valence-corrected chi connectivity index (χ2v) is 5.42. The normalized spacial score (nSPS) is 24.0. The van der Waals surface area contributed by atoms with Crippen molar-refractivity contribution in [2.75, 3.05) is 13.7 Å². The van der Waals surface area contributed by atoms with Crippen LogP contribution >= 0.6 is 0 Å². The molecule has 1 fully saturated rings. The number of nitrogens with one attached hydrogen (secondary N) is 1. The van der Waals surface area contributed by atoms with E-state index in [-0.39, 0.29) is 29.9 Å². The van der Waals surface area contributed by atoms with Crippen molar-refractivity contribution in [2.45, 2.75) is 51.7 Å². The van der Waals surface area contributed by atoms with Crippen LogP contribution in [0.5, 0.6) is 0 Å². The lowest BCUT2D eigenvalue weighted by Crippen LogP contribution is -2.66. The number of piperazine rings is 1. The Labute approximate surface area is 102 Å². The summed E-state index contributed by atoms with van der Waals surface area (Å²) in [6, 6.07) is -0.336. The number of methoxy groups -OCH3 is 1. The Morgan fingerprint density at radius 3 is 2.65 bits per heavy atom. The molecule has 0 bridgehead atoms. The molecule has 0 spiro atoms. The molecule has 5 nitrogen and oxygen atoms in total. The van der Waals surface area contributed by atoms with Crippen LogP contribution in [0.1, 0.15) is 34.1 Å². The summed E-state index contributed by atoms with van der Waals surface area (Å²) in [4.78, 5) is 25.3. The highest BCUT2D eigenvalue weighted by atomic mass is 16.5. The predicted molar refractivity (Wildman–Crippen MR) is 64.5 cm³/mol. The Morgan fingerprint density at radius 2 is 2.18 bits per heavy atom. The van der Waals surface area contributed by atoms with E-state index in [1.807, 2.05) is 32.6 Å². The molecular weight excluding hydrogens is 220 g/mol. The molecule has 0 aromatic rings. The Hall–Kier alpha value is -1.10. The van der Waals surface area contributed by atoms with Gasteiger partial charge >= 0.3 is 5.97 Å². The first-order valence-corrected chi connectivity index (χ1v) is 5.92. The zero-order valence-electron chi connectivity index (χ0n) is 11.2. The third kappa shape index (κ3) is 3.43. The molecule has 5 heteroatoms. The van der Waals surface area contributed by atoms with E-state index in [1.54, 1.807) is 0 Å². The molecule has 98 valence electrons. The van der Waals surface area contributed by atoms with Crippen LogP contribution < -0.4 is 5.32 Å². The molecule has 0 saturated carbocycles. The summed E-state index contributed by atoms with van der Waals surface area (Å²) in [5.41, 5.74) is -0.184. The van der Waals surface area contributed by atoms with E-state index < -0.39 is 6.04 Å². The van der Waals surface area contributed by atoms with Crippen molar-refractivity contribution in [2.24, 2.45) is 0 Å². The molecule has 1 unspecified atom stereocenters. The maximum absolute atomic E-state index is 12.2. The Balaban J connectivity index is 2.82. The largest absolute Gasteiger partial charge is 0.469 e. The van der Waals surface area contributed by atoms with Gasteiger partial charge in [0.05, 0.1) is 19.6 Å². The zero-order chi connectivity index (χ0) is 13.2. The summed E-state index contributed by atoms with van der Waals surface area (Å²) < 4.78 is 4.62. The van der Waals surface area contributed by atoms with Gasteiger partial charge < -0.3 is 9.64 Å². The van der Waals surface area contributed by atoms with Crippen molar-refractivity contribution in [3.63, 3.8) is 0 Å². The number of carbonyl (C=O) groups is 2. The van der Waals surface area contributed by atoms with Gasteiger partial charge in [-0.25, -0.2) is 0 Å². The number of carbonyl (C=O) groups excluding carboxylic acids is 2. The standard InChI is InChI=1S/C12H22N2O3/c1-8(2)14-7-12(3,4)13-9(11(14)16)6-10(15)17-5/h8-9,13H,6-7H2,1-5H3. The van der Waals surface area contributed by atoms with Crippen molar-refractivity contribution in [3.05, 3.63) is 0 Å². The van der Waals surface area contributed by atoms with Crippen LogP contribution in [-0.4, -0.2) is 48.1 Å². The van der Waals surface area contributed by atoms with Gasteiger partial charge in [-0.2, -0.15) is 0 Å². The van der Waals surface area contributed by atoms with E-state index in [9.17, 15) is 9.59 Å². The molecule has 1 amide bonds. The number of esters is 1. The van der Waals surface area contributed by atoms with Crippen LogP contribution in [0.3, 0.4) is 0 Å². The average molecular weight is 242 g/mol. The predicted octanol–water partition coefficient (Wildman–Crippen LogP) is 0.537. The second kappa shape index (κ2) is 5.04. The van der Waals surface area contributed by atoms with E-state index in [0.717, 1.165) is 0 Å². The van der Waals surface area contributed by atoms with Crippen molar-refractivity contribution in [1.29, 1.82) is 0 Å². The minimum atomic E-state index is -0.478. The summed E-state index contributed by atoms with van der Waals surface area (Å²) in [6.45, 7) is 8.67. The molecule has 17 heavy (non-hydrogen) atoms. The van der Waals surface area contributed by atoms with E-state index in [2.05, 4.69) is 10.1 Å². The number of amides is 1. The van der Waals surface area contributed by atoms with Gasteiger partial charge in [-0.3, -0.25) is 14.9 Å². The molecule has 1 aliphatic heterocycles. The fourth-order valence-corrected chi connectivity index (χ4v) is 2.11. The van der Waals surface area contributed by atoms with E-state index in [1.165, 1.54) is 7.11 Å². The van der Waals surface area contributed by atoms with E-state index >= 15 is 0 Å². The van der Waals surface area contributed by atoms with Crippen LogP contribution in [0.15, 0.2) is 0 Å². The van der Waals surface area contributed by atoms with E-state index in [0.29, 0.717) is 6.54 Å². The number of rotatable bonds is 3. The lowest BCUT2D eigenvalue weighted by atomic mass is 9.95. The third-order valence-corrected chi connectivity index (χ3v) is 2.93. The Bertz CT molecular complexity index is 313. The van der Waals surface area contributed by atoms with Crippen LogP contribution in [0.4, 0.5) is 0 Å². The highest BCUT2D eigenvalue weighted by molar-refractivity contribution is 5.87. The lowest BCUT2D eigenvalue weighted by Gasteiger charge is -2.44. The number of hydrogen-bond donors (Lipinski definition) is 1. The molecule has 0 aromatic heterocycles. The molecule has 0 aromatic carbocycles. The SMILES string of the molecule is COC(=O)CC1NC(C)(C)CN(C(C)C)C1=O. The average Bonchev–Trinajstić information content (AvgIpc) is 2.22. The minimum Gasteiger partial charge on any atom is -0.469 e. The van der Waals surface area contributed by atoms with Gasteiger partial charge in [0.25, 0.3) is 0 Å². The van der Waals surface area contributed by atoms with Gasteiger partial charge in [-0.05, 0) is 27.7 Å². The number of ether oxygens (including phenoxy) is 1. The van der Waals surface area contributed by atoms with Crippen molar-refractivity contribution < 1.29 is 14.3 Å². The van der Waals surface area contributed by atoms with Crippen LogP contribution in [0, 0.1) is 0 Å². The molecule has 1 saturated heterocycles. The topological polar surface area (TPSA) is 58.6 Å². The van der Waals surface area contributed by atoms with Gasteiger partial charge in [-0.15, -0.1) is 0 Å². The molecular formula is C12H22N2O3. The molecule has 1 aliphatic rings. The molecule has 1 rings (SSSR count). The number of nitrogens with zero attached hydrogens (tertiary/aromatic N) is 1. The second-order valence-electron chi connectivity index (χ2n) is 5.42. The Morgan fingerprint density at radius 1 is 1.59 bits per heavy atom. The summed E-state index contributed by atoms with van der Waals surface area (Å²) >= 11 is 0. The first-order valence-electron chi connectivity index (χ1n) is 5.92. The van der Waals surface area contributed by atoms with Crippen LogP contribution in [0.2, 0.25) is 0 Å². The lowest BCUT2D eigenvalue weighted by molar-refractivity contribution is -0.149. The molecule has 0 aliphatic carbocycles. The quantitative estimate of drug-likeness (QED) is 0.734. The maximum Gasteiger partial charge on any atom is 0.307 e. The number of hydrogen-bond acceptors (Lipinski definition) is 4. The van der Waals surface area contributed by atoms with Crippen LogP contribution in [-0.2, 0) is 14.3 Å². The van der Waals surface area contributed by atoms with Crippen molar-refractivity contribution in [3.8, 4) is 0 Å². The summed E-state index contributed by atoms with van der Waals surface area (Å²) in [5.74, 6) is -0.387. The van der Waals surface area contributed by atoms with Crippen molar-refractivity contribution in [1.82, 2.24) is 10.2 Å². The fourth-order valence-electron chi connectivity index (χ4n) is 2.11. The first kappa shape index (κ1) is 14.0. The molecule has 0 radical (unpaired) electrons. The smallest absolute Gasteiger partial charge is 0.307 e. The summed E-state index contributed by atoms with van der Waals surface area (Å²) in [5, 5.41) is 3.20. The fraction of sp³-hybridized carbons (Fsp3) is 0.833. The van der Waals surface area contributed by atoms with Gasteiger partial charge in [0, 0.05) is 18.1 Å².